The number of phenolic OH excluding ortho intramolecular Hbond substituents is 1. The van der Waals surface area contributed by atoms with Crippen LogP contribution in [0.25, 0.3) is 0 Å². The number of aromatic nitrogens is 2. The van der Waals surface area contributed by atoms with Crippen molar-refractivity contribution in [3.63, 3.8) is 0 Å². The molecule has 0 aliphatic heterocycles. The molecule has 84 heavy (non-hydrogen) atoms. The Kier molecular flexibility index (Phi) is 25.6. The number of benzene rings is 4. The summed E-state index contributed by atoms with van der Waals surface area (Å²) in [6, 6.07) is 19.9. The summed E-state index contributed by atoms with van der Waals surface area (Å²) in [4.78, 5) is 133. The number of carboxylic acid groups (broad SMARTS) is 1. The van der Waals surface area contributed by atoms with E-state index >= 15 is 0 Å². The Morgan fingerprint density at radius 1 is 0.452 bits per heavy atom. The van der Waals surface area contributed by atoms with Crippen LogP contribution >= 0.6 is 0 Å². The van der Waals surface area contributed by atoms with Gasteiger partial charge in [0.15, 0.2) is 0 Å². The van der Waals surface area contributed by atoms with E-state index in [1.807, 2.05) is 44.2 Å². The average Bonchev–Trinajstić information content (AvgIpc) is 4.14. The van der Waals surface area contributed by atoms with Crippen LogP contribution in [0, 0.1) is 17.8 Å². The number of aromatic hydroxyl groups is 1. The van der Waals surface area contributed by atoms with Gasteiger partial charge in [-0.25, -0.2) is 9.78 Å². The SMILES string of the molecule is CC(C)C[C@H](NC(=O)[C@@H](N)Cc1ccccc1)C(=O)N[C@@H](CO)C(=O)N[C@@H](Cc1ccccc1)C(=O)N[C@@H](Cc1ccc(O)cc1)C(=O)N[C@@H](Cc1ccccc1)C(=O)N[C@@H](Cc1cnc[nH]1)C(=O)N[C@H](C(=O)N[C@H](C(=O)O)C(C)C)C(C)C. The van der Waals surface area contributed by atoms with Crippen molar-refractivity contribution in [2.45, 2.75) is 134 Å². The largest absolute Gasteiger partial charge is 0.508 e. The summed E-state index contributed by atoms with van der Waals surface area (Å²) in [7, 11) is 0. The zero-order valence-electron chi connectivity index (χ0n) is 48.0. The number of aliphatic carboxylic acids is 1. The Bertz CT molecular complexity index is 2950. The van der Waals surface area contributed by atoms with E-state index in [0.717, 1.165) is 5.56 Å². The number of nitrogens with one attached hydrogen (secondary N) is 9. The highest BCUT2D eigenvalue weighted by molar-refractivity contribution is 5.98. The molecule has 0 aliphatic rings. The third kappa shape index (κ3) is 21.1. The van der Waals surface area contributed by atoms with Crippen LogP contribution in [0.4, 0.5) is 0 Å². The van der Waals surface area contributed by atoms with Crippen LogP contribution in [0.15, 0.2) is 128 Å². The number of rotatable bonds is 32. The summed E-state index contributed by atoms with van der Waals surface area (Å²) in [5, 5.41) is 51.8. The lowest BCUT2D eigenvalue weighted by atomic mass is 9.99. The minimum absolute atomic E-state index is 0.0850. The Balaban J connectivity index is 1.42. The Morgan fingerprint density at radius 3 is 1.23 bits per heavy atom. The van der Waals surface area contributed by atoms with Gasteiger partial charge in [-0.15, -0.1) is 0 Å². The molecule has 14 N–H and O–H groups in total. The minimum atomic E-state index is -1.64. The van der Waals surface area contributed by atoms with Gasteiger partial charge in [0.2, 0.25) is 47.3 Å². The second kappa shape index (κ2) is 32.6. The summed E-state index contributed by atoms with van der Waals surface area (Å²) in [5.41, 5.74) is 9.07. The molecule has 23 heteroatoms. The molecule has 0 aliphatic carbocycles. The van der Waals surface area contributed by atoms with Crippen molar-refractivity contribution < 1.29 is 58.5 Å². The number of amides is 8. The van der Waals surface area contributed by atoms with Crippen LogP contribution in [0.3, 0.4) is 0 Å². The zero-order chi connectivity index (χ0) is 61.5. The van der Waals surface area contributed by atoms with Crippen molar-refractivity contribution in [3.05, 3.63) is 156 Å². The maximum absolute atomic E-state index is 14.9. The van der Waals surface area contributed by atoms with Crippen LogP contribution < -0.4 is 48.3 Å². The van der Waals surface area contributed by atoms with Gasteiger partial charge in [0, 0.05) is 37.6 Å². The van der Waals surface area contributed by atoms with Gasteiger partial charge in [-0.1, -0.05) is 145 Å². The minimum Gasteiger partial charge on any atom is -0.508 e. The number of hydrogen-bond donors (Lipinski definition) is 13. The van der Waals surface area contributed by atoms with Crippen molar-refractivity contribution in [1.82, 2.24) is 52.5 Å². The standard InChI is InChI=1S/C61H79N11O12/c1-35(2)26-45(65-53(75)44(62)27-38-16-10-7-11-17-38)54(76)70-50(33-73)59(81)68-47(29-40-20-14-9-15-21-40)55(77)67-48(30-41-22-24-43(74)25-23-41)56(78)66-46(28-39-18-12-8-13-19-39)57(79)69-49(31-42-32-63-34-64-42)58(80)71-51(36(3)4)60(82)72-52(37(5)6)61(83)84/h7-25,32,34-37,44-52,73-74H,26-31,33,62H2,1-6H3,(H,63,64)(H,65,75)(H,66,78)(H,67,77)(H,68,81)(H,69,79)(H,70,76)(H,71,80)(H,72,82)(H,83,84)/t44-,45-,46-,47-,48-,49-,50-,51-,52-/m0/s1. The first-order valence-corrected chi connectivity index (χ1v) is 27.9. The van der Waals surface area contributed by atoms with E-state index in [1.54, 1.807) is 88.4 Å². The molecule has 8 amide bonds. The van der Waals surface area contributed by atoms with Crippen LogP contribution in [0.5, 0.6) is 5.75 Å². The van der Waals surface area contributed by atoms with Gasteiger partial charge < -0.3 is 68.6 Å². The fraction of sp³-hybridized carbons (Fsp3) is 0.410. The molecular weight excluding hydrogens is 1080 g/mol. The lowest BCUT2D eigenvalue weighted by Gasteiger charge is -2.29. The Hall–Kier alpha value is -8.96. The molecule has 0 unspecified atom stereocenters. The number of carbonyl (C=O) groups excluding carboxylic acids is 8. The molecule has 0 radical (unpaired) electrons. The topological polar surface area (TPSA) is 365 Å². The lowest BCUT2D eigenvalue weighted by Crippen LogP contribution is -2.62. The zero-order valence-corrected chi connectivity index (χ0v) is 48.0. The van der Waals surface area contributed by atoms with Crippen LogP contribution in [0.1, 0.15) is 75.9 Å². The summed E-state index contributed by atoms with van der Waals surface area (Å²) in [5.74, 6) is -9.11. The van der Waals surface area contributed by atoms with Crippen LogP contribution in [0.2, 0.25) is 0 Å². The molecule has 5 rings (SSSR count). The highest BCUT2D eigenvalue weighted by Crippen LogP contribution is 2.15. The fourth-order valence-corrected chi connectivity index (χ4v) is 9.06. The van der Waals surface area contributed by atoms with Gasteiger partial charge in [0.25, 0.3) is 0 Å². The third-order valence-electron chi connectivity index (χ3n) is 13.7. The lowest BCUT2D eigenvalue weighted by molar-refractivity contribution is -0.144. The summed E-state index contributed by atoms with van der Waals surface area (Å²) in [6.07, 6.45) is 2.45. The van der Waals surface area contributed by atoms with Crippen molar-refractivity contribution >= 4 is 53.2 Å². The molecule has 5 aromatic rings. The maximum atomic E-state index is 14.9. The number of H-pyrrole nitrogens is 1. The molecule has 1 heterocycles. The van der Waals surface area contributed by atoms with Crippen molar-refractivity contribution in [3.8, 4) is 5.75 Å². The molecule has 0 bridgehead atoms. The number of aromatic amines is 1. The fourth-order valence-electron chi connectivity index (χ4n) is 9.06. The molecule has 0 fully saturated rings. The molecule has 0 spiro atoms. The smallest absolute Gasteiger partial charge is 0.326 e. The Morgan fingerprint density at radius 2 is 0.821 bits per heavy atom. The number of nitrogens with two attached hydrogens (primary N) is 1. The second-order valence-corrected chi connectivity index (χ2v) is 21.8. The number of phenols is 1. The number of carbonyl (C=O) groups is 9. The van der Waals surface area contributed by atoms with E-state index in [-0.39, 0.29) is 50.2 Å². The van der Waals surface area contributed by atoms with Crippen LogP contribution in [-0.2, 0) is 75.3 Å². The van der Waals surface area contributed by atoms with Gasteiger partial charge in [0.1, 0.15) is 54.1 Å². The first-order valence-electron chi connectivity index (χ1n) is 27.9. The van der Waals surface area contributed by atoms with Crippen molar-refractivity contribution in [1.29, 1.82) is 0 Å². The van der Waals surface area contributed by atoms with Gasteiger partial charge in [-0.2, -0.15) is 0 Å². The third-order valence-corrected chi connectivity index (χ3v) is 13.7. The number of hydrogen-bond acceptors (Lipinski definition) is 13. The first kappa shape index (κ1) is 65.8. The van der Waals surface area contributed by atoms with E-state index < -0.39 is 126 Å². The highest BCUT2D eigenvalue weighted by Gasteiger charge is 2.37. The molecule has 0 saturated heterocycles. The molecule has 450 valence electrons. The first-order chi connectivity index (χ1) is 40.0. The molecule has 1 aromatic heterocycles. The quantitative estimate of drug-likeness (QED) is 0.0289. The van der Waals surface area contributed by atoms with Crippen molar-refractivity contribution in [2.75, 3.05) is 6.61 Å². The number of aliphatic hydroxyl groups is 1. The summed E-state index contributed by atoms with van der Waals surface area (Å²) in [6.45, 7) is 9.29. The molecule has 0 saturated carbocycles. The number of carboxylic acids is 1. The number of aliphatic hydroxyl groups excluding tert-OH is 1. The summed E-state index contributed by atoms with van der Waals surface area (Å²) >= 11 is 0. The van der Waals surface area contributed by atoms with E-state index in [4.69, 9.17) is 5.73 Å². The number of imidazole rings is 1. The Labute approximate surface area is 488 Å². The average molecular weight is 1160 g/mol. The molecule has 4 aromatic carbocycles. The highest BCUT2D eigenvalue weighted by atomic mass is 16.4. The maximum Gasteiger partial charge on any atom is 0.326 e. The van der Waals surface area contributed by atoms with E-state index in [0.29, 0.717) is 22.4 Å². The van der Waals surface area contributed by atoms with Gasteiger partial charge in [-0.3, -0.25) is 38.4 Å². The van der Waals surface area contributed by atoms with Crippen LogP contribution in [-0.4, -0.2) is 139 Å². The van der Waals surface area contributed by atoms with Gasteiger partial charge in [-0.05, 0) is 65.0 Å². The van der Waals surface area contributed by atoms with E-state index in [1.165, 1.54) is 36.8 Å². The summed E-state index contributed by atoms with van der Waals surface area (Å²) < 4.78 is 0. The van der Waals surface area contributed by atoms with Gasteiger partial charge in [0.05, 0.1) is 19.0 Å². The normalized spacial score (nSPS) is 14.5. The molecular formula is C61H79N11O12. The van der Waals surface area contributed by atoms with E-state index in [2.05, 4.69) is 52.5 Å². The second-order valence-electron chi connectivity index (χ2n) is 21.8. The number of nitrogens with zero attached hydrogens (tertiary/aromatic N) is 1. The molecule has 9 atom stereocenters. The predicted octanol–water partition coefficient (Wildman–Crippen LogP) is 1.27. The predicted molar refractivity (Wildman–Crippen MR) is 312 cm³/mol. The van der Waals surface area contributed by atoms with Crippen molar-refractivity contribution in [2.24, 2.45) is 23.5 Å². The molecule has 23 nitrogen and oxygen atoms in total. The van der Waals surface area contributed by atoms with E-state index in [9.17, 15) is 58.5 Å². The van der Waals surface area contributed by atoms with Gasteiger partial charge >= 0.3 is 5.97 Å². The monoisotopic (exact) mass is 1160 g/mol.